The standard InChI is InChI=1S/C24H29N3O3/c1-4-23(29)25-20-13-16(9-10-22(20)30-3)21(28)14-27-12-11-18-17-7-5-6-8-19(17)26-24(18)15(27)2/h5-10,13,15,21,26,28H,4,11-12,14H2,1-3H3,(H,25,29)/t15-,21+/m1/s1. The zero-order valence-corrected chi connectivity index (χ0v) is 17.7. The molecule has 0 saturated carbocycles. The van der Waals surface area contributed by atoms with Gasteiger partial charge in [0.05, 0.1) is 18.9 Å². The van der Waals surface area contributed by atoms with Crippen molar-refractivity contribution >= 4 is 22.5 Å². The highest BCUT2D eigenvalue weighted by molar-refractivity contribution is 5.92. The number of carbonyl (C=O) groups excluding carboxylic acids is 1. The highest BCUT2D eigenvalue weighted by atomic mass is 16.5. The average molecular weight is 408 g/mol. The Balaban J connectivity index is 1.53. The fraction of sp³-hybridized carbons (Fsp3) is 0.375. The zero-order valence-electron chi connectivity index (χ0n) is 17.7. The number of rotatable bonds is 6. The Morgan fingerprint density at radius 3 is 2.90 bits per heavy atom. The molecule has 0 aliphatic carbocycles. The monoisotopic (exact) mass is 407 g/mol. The third kappa shape index (κ3) is 3.80. The van der Waals surface area contributed by atoms with Crippen molar-refractivity contribution in [3.05, 3.63) is 59.3 Å². The van der Waals surface area contributed by atoms with Gasteiger partial charge in [-0.3, -0.25) is 9.69 Å². The molecule has 0 radical (unpaired) electrons. The quantitative estimate of drug-likeness (QED) is 0.573. The summed E-state index contributed by atoms with van der Waals surface area (Å²) >= 11 is 0. The molecule has 30 heavy (non-hydrogen) atoms. The van der Waals surface area contributed by atoms with Crippen molar-refractivity contribution < 1.29 is 14.6 Å². The molecule has 0 unspecified atom stereocenters. The van der Waals surface area contributed by atoms with Crippen LogP contribution in [0.4, 0.5) is 5.69 Å². The SMILES string of the molecule is CCC(=O)Nc1cc([C@@H](O)CN2CCc3c([nH]c4ccccc34)[C@H]2C)ccc1OC. The summed E-state index contributed by atoms with van der Waals surface area (Å²) in [6.07, 6.45) is 0.673. The number of H-pyrrole nitrogens is 1. The maximum atomic E-state index is 11.8. The van der Waals surface area contributed by atoms with Gasteiger partial charge in [-0.2, -0.15) is 0 Å². The molecule has 3 N–H and O–H groups in total. The van der Waals surface area contributed by atoms with Gasteiger partial charge in [-0.05, 0) is 42.7 Å². The Hall–Kier alpha value is -2.83. The van der Waals surface area contributed by atoms with E-state index in [0.717, 1.165) is 18.5 Å². The van der Waals surface area contributed by atoms with E-state index >= 15 is 0 Å². The molecule has 1 amide bonds. The van der Waals surface area contributed by atoms with E-state index in [1.807, 2.05) is 6.07 Å². The number of aromatic amines is 1. The van der Waals surface area contributed by atoms with Crippen LogP contribution in [0.25, 0.3) is 10.9 Å². The van der Waals surface area contributed by atoms with Crippen LogP contribution in [-0.2, 0) is 11.2 Å². The van der Waals surface area contributed by atoms with E-state index in [1.54, 1.807) is 26.2 Å². The highest BCUT2D eigenvalue weighted by Gasteiger charge is 2.28. The molecule has 1 aromatic heterocycles. The van der Waals surface area contributed by atoms with Gasteiger partial charge >= 0.3 is 0 Å². The van der Waals surface area contributed by atoms with Crippen LogP contribution in [0.2, 0.25) is 0 Å². The molecule has 0 fully saturated rings. The number of β-amino-alcohol motifs (C(OH)–C–C–N with tert-alkyl or cyclic N) is 1. The van der Waals surface area contributed by atoms with E-state index in [2.05, 4.69) is 46.4 Å². The summed E-state index contributed by atoms with van der Waals surface area (Å²) in [6.45, 7) is 5.39. The van der Waals surface area contributed by atoms with Crippen molar-refractivity contribution in [2.45, 2.75) is 38.8 Å². The molecule has 6 nitrogen and oxygen atoms in total. The molecule has 158 valence electrons. The van der Waals surface area contributed by atoms with Crippen LogP contribution >= 0.6 is 0 Å². The fourth-order valence-corrected chi connectivity index (χ4v) is 4.32. The molecule has 1 aliphatic rings. The maximum absolute atomic E-state index is 11.8. The van der Waals surface area contributed by atoms with Crippen molar-refractivity contribution in [3.8, 4) is 5.75 Å². The number of nitrogens with zero attached hydrogens (tertiary/aromatic N) is 1. The first-order valence-electron chi connectivity index (χ1n) is 10.5. The molecule has 4 rings (SSSR count). The van der Waals surface area contributed by atoms with Crippen molar-refractivity contribution in [1.29, 1.82) is 0 Å². The van der Waals surface area contributed by atoms with Crippen molar-refractivity contribution in [1.82, 2.24) is 9.88 Å². The number of benzene rings is 2. The summed E-state index contributed by atoms with van der Waals surface area (Å²) in [7, 11) is 1.57. The van der Waals surface area contributed by atoms with Gasteiger partial charge in [0.25, 0.3) is 0 Å². The molecule has 0 spiro atoms. The number of ether oxygens (including phenoxy) is 1. The van der Waals surface area contributed by atoms with Gasteiger partial charge in [-0.25, -0.2) is 0 Å². The average Bonchev–Trinajstić information content (AvgIpc) is 3.15. The Bertz CT molecular complexity index is 1060. The number of fused-ring (bicyclic) bond motifs is 3. The van der Waals surface area contributed by atoms with E-state index < -0.39 is 6.10 Å². The van der Waals surface area contributed by atoms with Gasteiger partial charge < -0.3 is 20.1 Å². The molecule has 2 aromatic carbocycles. The summed E-state index contributed by atoms with van der Waals surface area (Å²) in [5.74, 6) is 0.498. The maximum Gasteiger partial charge on any atom is 0.224 e. The number of aromatic nitrogens is 1. The lowest BCUT2D eigenvalue weighted by molar-refractivity contribution is -0.115. The number of aliphatic hydroxyl groups excluding tert-OH is 1. The molecular weight excluding hydrogens is 378 g/mol. The summed E-state index contributed by atoms with van der Waals surface area (Å²) in [6, 6.07) is 14.1. The first kappa shape index (κ1) is 20.4. The first-order valence-corrected chi connectivity index (χ1v) is 10.5. The van der Waals surface area contributed by atoms with Crippen molar-refractivity contribution in [3.63, 3.8) is 0 Å². The first-order chi connectivity index (χ1) is 14.5. The number of aliphatic hydroxyl groups is 1. The zero-order chi connectivity index (χ0) is 21.3. The van der Waals surface area contributed by atoms with Crippen LogP contribution in [0.3, 0.4) is 0 Å². The minimum Gasteiger partial charge on any atom is -0.495 e. The van der Waals surface area contributed by atoms with Gasteiger partial charge in [0, 0.05) is 42.1 Å². The lowest BCUT2D eigenvalue weighted by Crippen LogP contribution is -2.36. The van der Waals surface area contributed by atoms with E-state index in [9.17, 15) is 9.90 Å². The van der Waals surface area contributed by atoms with Crippen molar-refractivity contribution in [2.24, 2.45) is 0 Å². The minimum atomic E-state index is -0.665. The Morgan fingerprint density at radius 2 is 2.13 bits per heavy atom. The lowest BCUT2D eigenvalue weighted by atomic mass is 9.97. The molecule has 0 saturated heterocycles. The molecule has 2 atom stereocenters. The number of amides is 1. The molecule has 1 aliphatic heterocycles. The number of carbonyl (C=O) groups is 1. The molecule has 2 heterocycles. The number of hydrogen-bond acceptors (Lipinski definition) is 4. The lowest BCUT2D eigenvalue weighted by Gasteiger charge is -2.35. The summed E-state index contributed by atoms with van der Waals surface area (Å²) in [5.41, 5.74) is 5.14. The predicted molar refractivity (Wildman–Crippen MR) is 119 cm³/mol. The molecular formula is C24H29N3O3. The van der Waals surface area contributed by atoms with Crippen LogP contribution < -0.4 is 10.1 Å². The largest absolute Gasteiger partial charge is 0.495 e. The third-order valence-electron chi connectivity index (χ3n) is 6.07. The molecule has 6 heteroatoms. The minimum absolute atomic E-state index is 0.0871. The second-order valence-corrected chi connectivity index (χ2v) is 7.86. The summed E-state index contributed by atoms with van der Waals surface area (Å²) in [5, 5.41) is 15.1. The number of anilines is 1. The molecule has 0 bridgehead atoms. The summed E-state index contributed by atoms with van der Waals surface area (Å²) in [4.78, 5) is 17.7. The summed E-state index contributed by atoms with van der Waals surface area (Å²) < 4.78 is 5.35. The van der Waals surface area contributed by atoms with Crippen molar-refractivity contribution in [2.75, 3.05) is 25.5 Å². The van der Waals surface area contributed by atoms with Gasteiger partial charge in [0.1, 0.15) is 5.75 Å². The Kier molecular flexibility index (Phi) is 5.79. The molecule has 3 aromatic rings. The number of hydrogen-bond donors (Lipinski definition) is 3. The van der Waals surface area contributed by atoms with E-state index in [4.69, 9.17) is 4.74 Å². The second-order valence-electron chi connectivity index (χ2n) is 7.86. The van der Waals surface area contributed by atoms with Crippen LogP contribution in [0, 0.1) is 0 Å². The van der Waals surface area contributed by atoms with Gasteiger partial charge in [-0.15, -0.1) is 0 Å². The van der Waals surface area contributed by atoms with Crippen LogP contribution in [-0.4, -0.2) is 41.1 Å². The number of para-hydroxylation sites is 1. The number of nitrogens with one attached hydrogen (secondary N) is 2. The van der Waals surface area contributed by atoms with Crippen LogP contribution in [0.15, 0.2) is 42.5 Å². The van der Waals surface area contributed by atoms with Crippen LogP contribution in [0.1, 0.15) is 49.2 Å². The predicted octanol–water partition coefficient (Wildman–Crippen LogP) is 4.18. The van der Waals surface area contributed by atoms with Crippen LogP contribution in [0.5, 0.6) is 5.75 Å². The van der Waals surface area contributed by atoms with Gasteiger partial charge in [0.2, 0.25) is 5.91 Å². The van der Waals surface area contributed by atoms with E-state index in [-0.39, 0.29) is 11.9 Å². The Labute approximate surface area is 176 Å². The van der Waals surface area contributed by atoms with Gasteiger partial charge in [-0.1, -0.05) is 31.2 Å². The normalized spacial score (nSPS) is 17.5. The fourth-order valence-electron chi connectivity index (χ4n) is 4.32. The smallest absolute Gasteiger partial charge is 0.224 e. The number of methoxy groups -OCH3 is 1. The van der Waals surface area contributed by atoms with E-state index in [1.165, 1.54) is 22.2 Å². The van der Waals surface area contributed by atoms with Gasteiger partial charge in [0.15, 0.2) is 0 Å². The third-order valence-corrected chi connectivity index (χ3v) is 6.07. The topological polar surface area (TPSA) is 77.6 Å². The Morgan fingerprint density at radius 1 is 1.33 bits per heavy atom. The highest BCUT2D eigenvalue weighted by Crippen LogP contribution is 2.35. The van der Waals surface area contributed by atoms with E-state index in [0.29, 0.717) is 24.4 Å². The second kappa shape index (κ2) is 8.50.